The SMILES string of the molecule is CC1=C(c2ccc(F)cc2)C(c2ccc(OCCN3CC(CF)C3)cc2)Oc2cc(O)ccc21. The molecule has 3 aromatic carbocycles. The van der Waals surface area contributed by atoms with E-state index in [1.54, 1.807) is 24.3 Å². The largest absolute Gasteiger partial charge is 0.508 e. The second kappa shape index (κ2) is 9.47. The highest BCUT2D eigenvalue weighted by Crippen LogP contribution is 2.47. The van der Waals surface area contributed by atoms with Crippen LogP contribution in [0.2, 0.25) is 0 Å². The monoisotopic (exact) mass is 463 g/mol. The zero-order valence-corrected chi connectivity index (χ0v) is 19.0. The lowest BCUT2D eigenvalue weighted by molar-refractivity contribution is 0.0668. The van der Waals surface area contributed by atoms with Crippen molar-refractivity contribution in [1.82, 2.24) is 4.90 Å². The minimum Gasteiger partial charge on any atom is -0.508 e. The first-order valence-corrected chi connectivity index (χ1v) is 11.5. The minimum absolute atomic E-state index is 0.138. The number of alkyl halides is 1. The van der Waals surface area contributed by atoms with Gasteiger partial charge in [0.15, 0.2) is 0 Å². The molecule has 0 aromatic heterocycles. The lowest BCUT2D eigenvalue weighted by Gasteiger charge is -2.37. The van der Waals surface area contributed by atoms with Gasteiger partial charge < -0.3 is 14.6 Å². The first-order chi connectivity index (χ1) is 16.5. The van der Waals surface area contributed by atoms with Gasteiger partial charge in [0.25, 0.3) is 0 Å². The van der Waals surface area contributed by atoms with E-state index in [0.717, 1.165) is 53.2 Å². The maximum Gasteiger partial charge on any atom is 0.150 e. The zero-order valence-electron chi connectivity index (χ0n) is 19.0. The number of rotatable bonds is 7. The van der Waals surface area contributed by atoms with Gasteiger partial charge in [0.05, 0.1) is 6.67 Å². The normalized spacial score (nSPS) is 18.3. The number of hydrogen-bond donors (Lipinski definition) is 1. The molecule has 1 N–H and O–H groups in total. The van der Waals surface area contributed by atoms with Crippen molar-refractivity contribution in [3.8, 4) is 17.2 Å². The summed E-state index contributed by atoms with van der Waals surface area (Å²) in [6.07, 6.45) is -0.424. The van der Waals surface area contributed by atoms with Crippen LogP contribution in [-0.2, 0) is 0 Å². The van der Waals surface area contributed by atoms with Crippen LogP contribution in [0, 0.1) is 11.7 Å². The molecule has 2 aliphatic rings. The molecule has 5 rings (SSSR count). The number of phenolic OH excluding ortho intramolecular Hbond substituents is 1. The molecule has 2 aliphatic heterocycles. The summed E-state index contributed by atoms with van der Waals surface area (Å²) in [5.74, 6) is 1.38. The van der Waals surface area contributed by atoms with Crippen LogP contribution in [0.3, 0.4) is 0 Å². The molecule has 4 nitrogen and oxygen atoms in total. The van der Waals surface area contributed by atoms with Gasteiger partial charge in [-0.3, -0.25) is 9.29 Å². The Bertz CT molecular complexity index is 1190. The average Bonchev–Trinajstić information content (AvgIpc) is 2.81. The number of halogens is 2. The van der Waals surface area contributed by atoms with Gasteiger partial charge in [-0.25, -0.2) is 4.39 Å². The van der Waals surface area contributed by atoms with Crippen LogP contribution in [0.15, 0.2) is 66.7 Å². The number of ether oxygens (including phenoxy) is 2. The molecule has 0 amide bonds. The van der Waals surface area contributed by atoms with E-state index in [2.05, 4.69) is 4.90 Å². The molecule has 176 valence electrons. The highest BCUT2D eigenvalue weighted by atomic mass is 19.1. The Morgan fingerprint density at radius 2 is 1.76 bits per heavy atom. The number of nitrogens with zero attached hydrogens (tertiary/aromatic N) is 1. The van der Waals surface area contributed by atoms with Gasteiger partial charge in [-0.05, 0) is 60.0 Å². The third-order valence-corrected chi connectivity index (χ3v) is 6.55. The van der Waals surface area contributed by atoms with Crippen LogP contribution < -0.4 is 9.47 Å². The van der Waals surface area contributed by atoms with Crippen LogP contribution in [-0.4, -0.2) is 42.9 Å². The second-order valence-corrected chi connectivity index (χ2v) is 8.92. The molecular weight excluding hydrogens is 436 g/mol. The highest BCUT2D eigenvalue weighted by Gasteiger charge is 2.30. The van der Waals surface area contributed by atoms with Gasteiger partial charge in [-0.2, -0.15) is 0 Å². The van der Waals surface area contributed by atoms with Crippen LogP contribution in [0.5, 0.6) is 17.2 Å². The highest BCUT2D eigenvalue weighted by molar-refractivity contribution is 5.95. The number of fused-ring (bicyclic) bond motifs is 1. The fourth-order valence-corrected chi connectivity index (χ4v) is 4.67. The van der Waals surface area contributed by atoms with Crippen LogP contribution in [0.1, 0.15) is 29.7 Å². The zero-order chi connectivity index (χ0) is 23.7. The van der Waals surface area contributed by atoms with Crippen LogP contribution in [0.25, 0.3) is 11.1 Å². The quantitative estimate of drug-likeness (QED) is 0.476. The maximum atomic E-state index is 13.6. The molecular formula is C28H27F2NO3. The van der Waals surface area contributed by atoms with Gasteiger partial charge in [-0.15, -0.1) is 0 Å². The average molecular weight is 464 g/mol. The molecule has 1 atom stereocenters. The van der Waals surface area contributed by atoms with Crippen molar-refractivity contribution in [2.45, 2.75) is 13.0 Å². The van der Waals surface area contributed by atoms with E-state index in [4.69, 9.17) is 9.47 Å². The second-order valence-electron chi connectivity index (χ2n) is 8.92. The molecule has 2 heterocycles. The van der Waals surface area contributed by atoms with Crippen molar-refractivity contribution < 1.29 is 23.4 Å². The van der Waals surface area contributed by atoms with Crippen molar-refractivity contribution in [2.75, 3.05) is 32.9 Å². The number of aromatic hydroxyl groups is 1. The molecule has 0 saturated carbocycles. The predicted molar refractivity (Wildman–Crippen MR) is 128 cm³/mol. The molecule has 0 radical (unpaired) electrons. The molecule has 0 bridgehead atoms. The molecule has 1 fully saturated rings. The number of benzene rings is 3. The van der Waals surface area contributed by atoms with Crippen molar-refractivity contribution in [3.63, 3.8) is 0 Å². The predicted octanol–water partition coefficient (Wildman–Crippen LogP) is 5.88. The van der Waals surface area contributed by atoms with E-state index < -0.39 is 6.10 Å². The standard InChI is InChI=1S/C28H27F2NO3/c1-18-25-11-8-23(32)14-26(25)34-28(27(18)20-2-6-22(30)7-3-20)21-4-9-24(10-5-21)33-13-12-31-16-19(15-29)17-31/h2-11,14,19,28,32H,12-13,15-17H2,1H3. The summed E-state index contributed by atoms with van der Waals surface area (Å²) in [5.41, 5.74) is 4.67. The van der Waals surface area contributed by atoms with Gasteiger partial charge in [-0.1, -0.05) is 24.3 Å². The summed E-state index contributed by atoms with van der Waals surface area (Å²) < 4.78 is 38.4. The van der Waals surface area contributed by atoms with E-state index >= 15 is 0 Å². The Labute approximate surface area is 198 Å². The van der Waals surface area contributed by atoms with E-state index in [1.165, 1.54) is 12.1 Å². The van der Waals surface area contributed by atoms with Crippen LogP contribution >= 0.6 is 0 Å². The third kappa shape index (κ3) is 4.50. The summed E-state index contributed by atoms with van der Waals surface area (Å²) in [5, 5.41) is 9.98. The van der Waals surface area contributed by atoms with E-state index in [9.17, 15) is 13.9 Å². The number of hydrogen-bond acceptors (Lipinski definition) is 4. The van der Waals surface area contributed by atoms with Gasteiger partial charge in [0.2, 0.25) is 0 Å². The summed E-state index contributed by atoms with van der Waals surface area (Å²) in [7, 11) is 0. The number of phenols is 1. The summed E-state index contributed by atoms with van der Waals surface area (Å²) in [6, 6.07) is 19.3. The summed E-state index contributed by atoms with van der Waals surface area (Å²) >= 11 is 0. The van der Waals surface area contributed by atoms with Crippen molar-refractivity contribution in [3.05, 3.63) is 89.2 Å². The lowest BCUT2D eigenvalue weighted by atomic mass is 9.86. The smallest absolute Gasteiger partial charge is 0.150 e. The van der Waals surface area contributed by atoms with Gasteiger partial charge >= 0.3 is 0 Å². The first-order valence-electron chi connectivity index (χ1n) is 11.5. The number of likely N-dealkylation sites (tertiary alicyclic amines) is 1. The first kappa shape index (κ1) is 22.4. The summed E-state index contributed by atoms with van der Waals surface area (Å²) in [6.45, 7) is 4.69. The molecule has 0 aliphatic carbocycles. The molecule has 1 saturated heterocycles. The topological polar surface area (TPSA) is 41.9 Å². The molecule has 1 unspecified atom stereocenters. The molecule has 0 spiro atoms. The van der Waals surface area contributed by atoms with Gasteiger partial charge in [0.1, 0.15) is 35.8 Å². The molecule has 6 heteroatoms. The maximum absolute atomic E-state index is 13.6. The Hall–Kier alpha value is -3.38. The number of allylic oxidation sites excluding steroid dienone is 1. The van der Waals surface area contributed by atoms with E-state index in [-0.39, 0.29) is 24.2 Å². The lowest BCUT2D eigenvalue weighted by Crippen LogP contribution is -2.49. The Balaban J connectivity index is 1.37. The van der Waals surface area contributed by atoms with E-state index in [0.29, 0.717) is 12.4 Å². The third-order valence-electron chi connectivity index (χ3n) is 6.55. The Kier molecular flexibility index (Phi) is 6.24. The van der Waals surface area contributed by atoms with Crippen LogP contribution in [0.4, 0.5) is 8.78 Å². The van der Waals surface area contributed by atoms with Crippen molar-refractivity contribution in [2.24, 2.45) is 5.92 Å². The van der Waals surface area contributed by atoms with Crippen molar-refractivity contribution >= 4 is 11.1 Å². The van der Waals surface area contributed by atoms with Gasteiger partial charge in [0, 0.05) is 42.8 Å². The summed E-state index contributed by atoms with van der Waals surface area (Å²) in [4.78, 5) is 2.18. The Morgan fingerprint density at radius 3 is 2.47 bits per heavy atom. The fraction of sp³-hybridized carbons (Fsp3) is 0.286. The Morgan fingerprint density at radius 1 is 1.03 bits per heavy atom. The van der Waals surface area contributed by atoms with E-state index in [1.807, 2.05) is 37.3 Å². The fourth-order valence-electron chi connectivity index (χ4n) is 4.67. The molecule has 3 aromatic rings. The minimum atomic E-state index is -0.424. The molecule has 34 heavy (non-hydrogen) atoms. The van der Waals surface area contributed by atoms with Crippen molar-refractivity contribution in [1.29, 1.82) is 0 Å².